The van der Waals surface area contributed by atoms with Gasteiger partial charge in [-0.15, -0.1) is 0 Å². The van der Waals surface area contributed by atoms with Crippen LogP contribution in [0.4, 0.5) is 5.69 Å². The molecular formula is C12H17NO2. The Hall–Kier alpha value is -1.22. The predicted octanol–water partition coefficient (Wildman–Crippen LogP) is 1.80. The maximum atomic E-state index is 9.92. The van der Waals surface area contributed by atoms with Gasteiger partial charge in [-0.25, -0.2) is 0 Å². The normalized spacial score (nSPS) is 19.6. The van der Waals surface area contributed by atoms with Crippen molar-refractivity contribution in [2.75, 3.05) is 12.4 Å². The van der Waals surface area contributed by atoms with Crippen LogP contribution in [0.15, 0.2) is 18.2 Å². The molecule has 2 rings (SSSR count). The number of anilines is 1. The van der Waals surface area contributed by atoms with Crippen LogP contribution in [-0.4, -0.2) is 23.9 Å². The Balaban J connectivity index is 2.24. The third-order valence-electron chi connectivity index (χ3n) is 2.92. The van der Waals surface area contributed by atoms with E-state index in [1.807, 2.05) is 32.0 Å². The van der Waals surface area contributed by atoms with E-state index < -0.39 is 5.60 Å². The summed E-state index contributed by atoms with van der Waals surface area (Å²) in [7, 11) is 1.66. The number of rotatable bonds is 2. The number of ether oxygens (including phenoxy) is 1. The lowest BCUT2D eigenvalue weighted by atomic mass is 9.96. The second kappa shape index (κ2) is 3.42. The fourth-order valence-corrected chi connectivity index (χ4v) is 1.89. The zero-order valence-electron chi connectivity index (χ0n) is 9.37. The minimum absolute atomic E-state index is 0.0830. The minimum Gasteiger partial charge on any atom is -0.497 e. The first-order valence-electron chi connectivity index (χ1n) is 5.16. The molecular weight excluding hydrogens is 190 g/mol. The molecule has 0 aliphatic carbocycles. The number of hydrogen-bond donors (Lipinski definition) is 2. The highest BCUT2D eigenvalue weighted by molar-refractivity contribution is 5.59. The number of hydrogen-bond acceptors (Lipinski definition) is 3. The predicted molar refractivity (Wildman–Crippen MR) is 60.4 cm³/mol. The van der Waals surface area contributed by atoms with E-state index in [4.69, 9.17) is 4.74 Å². The maximum absolute atomic E-state index is 9.92. The smallest absolute Gasteiger partial charge is 0.119 e. The van der Waals surface area contributed by atoms with Crippen molar-refractivity contribution in [3.63, 3.8) is 0 Å². The number of nitrogens with one attached hydrogen (secondary N) is 1. The molecule has 3 heteroatoms. The molecule has 0 radical (unpaired) electrons. The topological polar surface area (TPSA) is 41.5 Å². The summed E-state index contributed by atoms with van der Waals surface area (Å²) in [6.07, 6.45) is 0.843. The lowest BCUT2D eigenvalue weighted by molar-refractivity contribution is 0.0614. The van der Waals surface area contributed by atoms with Gasteiger partial charge in [-0.2, -0.15) is 0 Å². The van der Waals surface area contributed by atoms with Gasteiger partial charge in [0, 0.05) is 5.69 Å². The van der Waals surface area contributed by atoms with Crippen molar-refractivity contribution in [1.82, 2.24) is 0 Å². The van der Waals surface area contributed by atoms with E-state index in [0.717, 1.165) is 17.9 Å². The van der Waals surface area contributed by atoms with Gasteiger partial charge in [0.05, 0.1) is 18.8 Å². The number of benzene rings is 1. The van der Waals surface area contributed by atoms with Crippen molar-refractivity contribution < 1.29 is 9.84 Å². The van der Waals surface area contributed by atoms with Gasteiger partial charge in [-0.3, -0.25) is 0 Å². The van der Waals surface area contributed by atoms with Gasteiger partial charge in [-0.1, -0.05) is 0 Å². The highest BCUT2D eigenvalue weighted by atomic mass is 16.5. The first-order valence-corrected chi connectivity index (χ1v) is 5.16. The van der Waals surface area contributed by atoms with Crippen LogP contribution >= 0.6 is 0 Å². The first kappa shape index (κ1) is 10.3. The van der Waals surface area contributed by atoms with Crippen LogP contribution < -0.4 is 10.1 Å². The fraction of sp³-hybridized carbons (Fsp3) is 0.500. The monoisotopic (exact) mass is 207 g/mol. The zero-order chi connectivity index (χ0) is 11.1. The Bertz CT molecular complexity index is 368. The van der Waals surface area contributed by atoms with Crippen LogP contribution in [0.3, 0.4) is 0 Å². The molecule has 1 aromatic carbocycles. The average molecular weight is 207 g/mol. The summed E-state index contributed by atoms with van der Waals surface area (Å²) in [5, 5.41) is 13.2. The van der Waals surface area contributed by atoms with E-state index in [-0.39, 0.29) is 6.04 Å². The molecule has 0 saturated heterocycles. The van der Waals surface area contributed by atoms with Gasteiger partial charge in [0.2, 0.25) is 0 Å². The summed E-state index contributed by atoms with van der Waals surface area (Å²) in [5.41, 5.74) is 1.61. The number of aliphatic hydroxyl groups is 1. The van der Waals surface area contributed by atoms with Crippen molar-refractivity contribution in [3.8, 4) is 5.75 Å². The second-order valence-corrected chi connectivity index (χ2v) is 4.58. The Labute approximate surface area is 90.1 Å². The van der Waals surface area contributed by atoms with E-state index >= 15 is 0 Å². The molecule has 15 heavy (non-hydrogen) atoms. The molecule has 1 atom stereocenters. The van der Waals surface area contributed by atoms with Crippen LogP contribution in [0.25, 0.3) is 0 Å². The summed E-state index contributed by atoms with van der Waals surface area (Å²) in [5.74, 6) is 0.868. The fourth-order valence-electron chi connectivity index (χ4n) is 1.89. The Kier molecular flexibility index (Phi) is 2.35. The molecule has 1 heterocycles. The average Bonchev–Trinajstić information content (AvgIpc) is 2.59. The molecule has 0 aromatic heterocycles. The third kappa shape index (κ3) is 1.92. The van der Waals surface area contributed by atoms with Crippen LogP contribution in [-0.2, 0) is 6.42 Å². The molecule has 3 nitrogen and oxygen atoms in total. The summed E-state index contributed by atoms with van der Waals surface area (Å²) in [4.78, 5) is 0. The molecule has 1 aromatic rings. The Morgan fingerprint density at radius 3 is 2.80 bits per heavy atom. The van der Waals surface area contributed by atoms with Crippen molar-refractivity contribution in [2.24, 2.45) is 0 Å². The summed E-state index contributed by atoms with van der Waals surface area (Å²) in [6, 6.07) is 6.03. The van der Waals surface area contributed by atoms with E-state index in [9.17, 15) is 5.11 Å². The van der Waals surface area contributed by atoms with Gasteiger partial charge >= 0.3 is 0 Å². The summed E-state index contributed by atoms with van der Waals surface area (Å²) >= 11 is 0. The molecule has 82 valence electrons. The van der Waals surface area contributed by atoms with Crippen LogP contribution in [0, 0.1) is 0 Å². The lowest BCUT2D eigenvalue weighted by Crippen LogP contribution is -2.40. The maximum Gasteiger partial charge on any atom is 0.119 e. The van der Waals surface area contributed by atoms with Crippen molar-refractivity contribution in [2.45, 2.75) is 31.9 Å². The first-order chi connectivity index (χ1) is 7.00. The molecule has 1 unspecified atom stereocenters. The van der Waals surface area contributed by atoms with Crippen LogP contribution in [0.5, 0.6) is 5.75 Å². The van der Waals surface area contributed by atoms with E-state index in [0.29, 0.717) is 0 Å². The summed E-state index contributed by atoms with van der Waals surface area (Å²) in [6.45, 7) is 3.65. The van der Waals surface area contributed by atoms with Gasteiger partial charge in [0.25, 0.3) is 0 Å². The van der Waals surface area contributed by atoms with E-state index in [1.54, 1.807) is 7.11 Å². The minimum atomic E-state index is -0.702. The van der Waals surface area contributed by atoms with Gasteiger partial charge in [-0.05, 0) is 44.0 Å². The van der Waals surface area contributed by atoms with Crippen LogP contribution in [0.1, 0.15) is 19.4 Å². The molecule has 1 aliphatic heterocycles. The standard InChI is InChI=1S/C12H17NO2/c1-12(2,14)11-7-8-6-9(15-3)4-5-10(8)13-11/h4-6,11,13-14H,7H2,1-3H3. The van der Waals surface area contributed by atoms with Gasteiger partial charge in [0.1, 0.15) is 5.75 Å². The second-order valence-electron chi connectivity index (χ2n) is 4.58. The van der Waals surface area contributed by atoms with Crippen LogP contribution in [0.2, 0.25) is 0 Å². The van der Waals surface area contributed by atoms with E-state index in [2.05, 4.69) is 5.32 Å². The quantitative estimate of drug-likeness (QED) is 0.777. The van der Waals surface area contributed by atoms with Gasteiger partial charge in [0.15, 0.2) is 0 Å². The molecule has 0 saturated carbocycles. The van der Waals surface area contributed by atoms with Crippen molar-refractivity contribution in [3.05, 3.63) is 23.8 Å². The molecule has 0 spiro atoms. The molecule has 0 bridgehead atoms. The Morgan fingerprint density at radius 2 is 2.20 bits per heavy atom. The largest absolute Gasteiger partial charge is 0.497 e. The number of methoxy groups -OCH3 is 1. The number of fused-ring (bicyclic) bond motifs is 1. The molecule has 1 aliphatic rings. The van der Waals surface area contributed by atoms with Crippen molar-refractivity contribution >= 4 is 5.69 Å². The van der Waals surface area contributed by atoms with Gasteiger partial charge < -0.3 is 15.2 Å². The van der Waals surface area contributed by atoms with Crippen molar-refractivity contribution in [1.29, 1.82) is 0 Å². The summed E-state index contributed by atoms with van der Waals surface area (Å²) < 4.78 is 5.17. The highest BCUT2D eigenvalue weighted by Crippen LogP contribution is 2.32. The lowest BCUT2D eigenvalue weighted by Gasteiger charge is -2.25. The SMILES string of the molecule is COc1ccc2c(c1)CC(C(C)(C)O)N2. The molecule has 0 amide bonds. The zero-order valence-corrected chi connectivity index (χ0v) is 9.37. The molecule has 0 fully saturated rings. The third-order valence-corrected chi connectivity index (χ3v) is 2.92. The Morgan fingerprint density at radius 1 is 1.47 bits per heavy atom. The highest BCUT2D eigenvalue weighted by Gasteiger charge is 2.32. The van der Waals surface area contributed by atoms with E-state index in [1.165, 1.54) is 5.56 Å². The molecule has 2 N–H and O–H groups in total.